The molecule has 9 heteroatoms. The van der Waals surface area contributed by atoms with Crippen LogP contribution in [0.15, 0.2) is 71.3 Å². The summed E-state index contributed by atoms with van der Waals surface area (Å²) in [6.45, 7) is 0.0968. The average molecular weight is 434 g/mol. The average Bonchev–Trinajstić information content (AvgIpc) is 3.46. The number of fused-ring (bicyclic) bond motifs is 2. The van der Waals surface area contributed by atoms with Crippen molar-refractivity contribution in [2.75, 3.05) is 6.54 Å². The molecule has 1 aromatic heterocycles. The molecular formula is C23H22N4O5. The van der Waals surface area contributed by atoms with Gasteiger partial charge in [0.1, 0.15) is 18.7 Å². The van der Waals surface area contributed by atoms with E-state index in [9.17, 15) is 14.9 Å². The van der Waals surface area contributed by atoms with Gasteiger partial charge in [0.2, 0.25) is 5.79 Å². The van der Waals surface area contributed by atoms with Crippen LogP contribution in [0.3, 0.4) is 0 Å². The molecule has 0 amide bonds. The largest absolute Gasteiger partial charge is 0.385 e. The molecule has 2 aliphatic heterocycles. The summed E-state index contributed by atoms with van der Waals surface area (Å²) in [6, 6.07) is 14.9. The fourth-order valence-electron chi connectivity index (χ4n) is 4.53. The zero-order valence-electron chi connectivity index (χ0n) is 17.2. The normalized spacial score (nSPS) is 26.7. The van der Waals surface area contributed by atoms with Crippen LogP contribution in [0, 0.1) is 9.81 Å². The van der Waals surface area contributed by atoms with Crippen molar-refractivity contribution in [1.82, 2.24) is 9.78 Å². The van der Waals surface area contributed by atoms with Gasteiger partial charge in [-0.1, -0.05) is 34.6 Å². The van der Waals surface area contributed by atoms with E-state index in [1.165, 1.54) is 0 Å². The summed E-state index contributed by atoms with van der Waals surface area (Å²) in [5.74, 6) is -1.53. The smallest absolute Gasteiger partial charge is 0.225 e. The van der Waals surface area contributed by atoms with E-state index in [4.69, 9.17) is 9.47 Å². The second kappa shape index (κ2) is 8.34. The number of aliphatic hydroxyl groups is 1. The number of nitroso groups, excluding NO2 is 2. The Balaban J connectivity index is 1.43. The third-order valence-corrected chi connectivity index (χ3v) is 6.12. The Bertz CT molecular complexity index is 1120. The number of nitrogens with zero attached hydrogens (tertiary/aromatic N) is 4. The summed E-state index contributed by atoms with van der Waals surface area (Å²) in [5, 5.41) is 21.1. The predicted octanol–water partition coefficient (Wildman–Crippen LogP) is 3.20. The lowest BCUT2D eigenvalue weighted by atomic mass is 9.86. The van der Waals surface area contributed by atoms with E-state index in [0.29, 0.717) is 12.0 Å². The maximum atomic E-state index is 11.4. The first kappa shape index (κ1) is 20.6. The van der Waals surface area contributed by atoms with Gasteiger partial charge in [0.25, 0.3) is 0 Å². The van der Waals surface area contributed by atoms with E-state index in [0.717, 1.165) is 22.4 Å². The monoisotopic (exact) mass is 434 g/mol. The van der Waals surface area contributed by atoms with E-state index >= 15 is 0 Å². The first-order valence-corrected chi connectivity index (χ1v) is 10.5. The summed E-state index contributed by atoms with van der Waals surface area (Å²) in [6.07, 6.45) is 2.49. The van der Waals surface area contributed by atoms with E-state index in [2.05, 4.69) is 15.5 Å². The van der Waals surface area contributed by atoms with Crippen LogP contribution < -0.4 is 0 Å². The third-order valence-electron chi connectivity index (χ3n) is 6.12. The van der Waals surface area contributed by atoms with E-state index < -0.39 is 24.0 Å². The summed E-state index contributed by atoms with van der Waals surface area (Å²) in [7, 11) is 0. The molecule has 0 saturated carbocycles. The molecule has 164 valence electrons. The lowest BCUT2D eigenvalue weighted by Gasteiger charge is -2.43. The van der Waals surface area contributed by atoms with Crippen molar-refractivity contribution in [2.24, 2.45) is 10.4 Å². The molecule has 0 aliphatic carbocycles. The molecule has 3 aromatic rings. The zero-order valence-corrected chi connectivity index (χ0v) is 17.2. The van der Waals surface area contributed by atoms with Gasteiger partial charge in [-0.2, -0.15) is 14.9 Å². The second-order valence-electron chi connectivity index (χ2n) is 8.15. The van der Waals surface area contributed by atoms with Crippen LogP contribution in [-0.2, 0) is 28.3 Å². The molecule has 0 radical (unpaired) electrons. The molecule has 1 saturated heterocycles. The van der Waals surface area contributed by atoms with E-state index in [1.54, 1.807) is 10.9 Å². The van der Waals surface area contributed by atoms with Crippen LogP contribution in [0.25, 0.3) is 5.69 Å². The molecule has 1 fully saturated rings. The van der Waals surface area contributed by atoms with Crippen LogP contribution >= 0.6 is 0 Å². The van der Waals surface area contributed by atoms with Crippen LogP contribution in [0.2, 0.25) is 0 Å². The molecule has 3 heterocycles. The van der Waals surface area contributed by atoms with Gasteiger partial charge in [0.05, 0.1) is 18.4 Å². The number of aliphatic hydroxyl groups excluding tert-OH is 1. The lowest BCUT2D eigenvalue weighted by molar-refractivity contribution is -0.327. The standard InChI is InChI=1S/C23H22N4O5/c28-22-21(26-30)12-19(13-25-29)32-23(22)20-11-16(2-5-17(20)14-31-23)10-15-3-6-18(7-4-15)27-9-1-8-24-27/h1-9,11,19,21-22,28H,10,12-14H2/t19-,21-,22+,23-/m0/s1. The van der Waals surface area contributed by atoms with Gasteiger partial charge in [-0.15, -0.1) is 0 Å². The predicted molar refractivity (Wildman–Crippen MR) is 115 cm³/mol. The number of benzene rings is 2. The van der Waals surface area contributed by atoms with Gasteiger partial charge < -0.3 is 14.6 Å². The van der Waals surface area contributed by atoms with Crippen molar-refractivity contribution < 1.29 is 14.6 Å². The maximum Gasteiger partial charge on any atom is 0.225 e. The summed E-state index contributed by atoms with van der Waals surface area (Å²) < 4.78 is 13.7. The highest BCUT2D eigenvalue weighted by atomic mass is 16.7. The Hall–Kier alpha value is -3.27. The SMILES string of the molecule is O=NC[C@@H]1C[C@H](N=O)[C@@H](O)[C@@]2(OCc3ccc(Cc4ccc(-n5cccn5)cc4)cc32)O1. The van der Waals surface area contributed by atoms with Crippen molar-refractivity contribution in [3.8, 4) is 5.69 Å². The van der Waals surface area contributed by atoms with Crippen molar-refractivity contribution in [3.05, 3.63) is 93.0 Å². The minimum absolute atomic E-state index is 0.124. The van der Waals surface area contributed by atoms with Crippen molar-refractivity contribution in [1.29, 1.82) is 0 Å². The van der Waals surface area contributed by atoms with Gasteiger partial charge in [-0.05, 0) is 47.4 Å². The molecule has 5 rings (SSSR count). The zero-order chi connectivity index (χ0) is 22.1. The molecule has 1 spiro atoms. The molecule has 0 bridgehead atoms. The van der Waals surface area contributed by atoms with Crippen molar-refractivity contribution in [2.45, 2.75) is 43.5 Å². The van der Waals surface area contributed by atoms with Gasteiger partial charge in [-0.25, -0.2) is 4.68 Å². The molecule has 2 aromatic carbocycles. The lowest BCUT2D eigenvalue weighted by Crippen LogP contribution is -2.55. The Morgan fingerprint density at radius 3 is 2.69 bits per heavy atom. The minimum atomic E-state index is -1.53. The fraction of sp³-hybridized carbons (Fsp3) is 0.348. The molecular weight excluding hydrogens is 412 g/mol. The molecule has 4 atom stereocenters. The quantitative estimate of drug-likeness (QED) is 0.596. The summed E-state index contributed by atoms with van der Waals surface area (Å²) in [4.78, 5) is 22.2. The van der Waals surface area contributed by atoms with Crippen molar-refractivity contribution >= 4 is 0 Å². The highest BCUT2D eigenvalue weighted by molar-refractivity contribution is 5.42. The Kier molecular flexibility index (Phi) is 5.38. The minimum Gasteiger partial charge on any atom is -0.385 e. The molecule has 32 heavy (non-hydrogen) atoms. The molecule has 1 N–H and O–H groups in total. The first-order chi connectivity index (χ1) is 15.6. The Labute approximate surface area is 183 Å². The topological polar surface area (TPSA) is 115 Å². The molecule has 0 unspecified atom stereocenters. The summed E-state index contributed by atoms with van der Waals surface area (Å²) >= 11 is 0. The van der Waals surface area contributed by atoms with Crippen LogP contribution in [0.1, 0.15) is 28.7 Å². The second-order valence-corrected chi connectivity index (χ2v) is 8.15. The molecule has 9 nitrogen and oxygen atoms in total. The van der Waals surface area contributed by atoms with Crippen LogP contribution in [0.4, 0.5) is 0 Å². The number of ether oxygens (including phenoxy) is 2. The highest BCUT2D eigenvalue weighted by Crippen LogP contribution is 2.46. The number of aromatic nitrogens is 2. The number of hydrogen-bond donors (Lipinski definition) is 1. The van der Waals surface area contributed by atoms with Crippen molar-refractivity contribution in [3.63, 3.8) is 0 Å². The molecule has 2 aliphatic rings. The summed E-state index contributed by atoms with van der Waals surface area (Å²) in [5.41, 5.74) is 4.61. The van der Waals surface area contributed by atoms with Gasteiger partial charge >= 0.3 is 0 Å². The number of hydrogen-bond acceptors (Lipinski definition) is 8. The van der Waals surface area contributed by atoms with Gasteiger partial charge in [0.15, 0.2) is 0 Å². The Morgan fingerprint density at radius 2 is 1.97 bits per heavy atom. The fourth-order valence-corrected chi connectivity index (χ4v) is 4.53. The van der Waals surface area contributed by atoms with E-state index in [1.807, 2.05) is 54.7 Å². The first-order valence-electron chi connectivity index (χ1n) is 10.5. The van der Waals surface area contributed by atoms with Gasteiger partial charge in [0, 0.05) is 24.4 Å². The highest BCUT2D eigenvalue weighted by Gasteiger charge is 2.56. The van der Waals surface area contributed by atoms with E-state index in [-0.39, 0.29) is 19.6 Å². The number of rotatable bonds is 6. The third kappa shape index (κ3) is 3.54. The van der Waals surface area contributed by atoms with Crippen LogP contribution in [0.5, 0.6) is 0 Å². The maximum absolute atomic E-state index is 11.4. The van der Waals surface area contributed by atoms with Crippen LogP contribution in [-0.4, -0.2) is 39.7 Å². The Morgan fingerprint density at radius 1 is 1.16 bits per heavy atom. The van der Waals surface area contributed by atoms with Gasteiger partial charge in [-0.3, -0.25) is 0 Å².